The van der Waals surface area contributed by atoms with Crippen LogP contribution in [0, 0.1) is 5.82 Å². The molecule has 0 unspecified atom stereocenters. The predicted molar refractivity (Wildman–Crippen MR) is 83.9 cm³/mol. The highest BCUT2D eigenvalue weighted by Gasteiger charge is 2.20. The summed E-state index contributed by atoms with van der Waals surface area (Å²) in [5.41, 5.74) is 8.75. The molecule has 3 aromatic rings. The number of halogens is 2. The van der Waals surface area contributed by atoms with Crippen LogP contribution in [0.1, 0.15) is 0 Å². The van der Waals surface area contributed by atoms with Crippen molar-refractivity contribution in [1.82, 2.24) is 14.8 Å². The Bertz CT molecular complexity index is 799. The van der Waals surface area contributed by atoms with Crippen molar-refractivity contribution in [2.75, 3.05) is 5.73 Å². The van der Waals surface area contributed by atoms with Crippen LogP contribution >= 0.6 is 15.9 Å². The van der Waals surface area contributed by atoms with E-state index >= 15 is 0 Å². The Labute approximate surface area is 129 Å². The maximum absolute atomic E-state index is 13.8. The van der Waals surface area contributed by atoms with Crippen LogP contribution in [0.15, 0.2) is 47.1 Å². The third kappa shape index (κ3) is 2.31. The molecule has 6 heteroatoms. The maximum atomic E-state index is 13.8. The van der Waals surface area contributed by atoms with Gasteiger partial charge in [-0.1, -0.05) is 18.2 Å². The minimum atomic E-state index is -0.344. The first-order valence-corrected chi connectivity index (χ1v) is 7.07. The summed E-state index contributed by atoms with van der Waals surface area (Å²) in [5.74, 6) is 0.142. The number of hydrogen-bond acceptors (Lipinski definition) is 3. The van der Waals surface area contributed by atoms with Gasteiger partial charge < -0.3 is 5.73 Å². The average molecular weight is 347 g/mol. The quantitative estimate of drug-likeness (QED) is 0.770. The minimum Gasteiger partial charge on any atom is -0.383 e. The van der Waals surface area contributed by atoms with Crippen molar-refractivity contribution >= 4 is 21.7 Å². The molecule has 0 fully saturated rings. The molecular weight excluding hydrogens is 335 g/mol. The molecule has 0 radical (unpaired) electrons. The lowest BCUT2D eigenvalue weighted by Crippen LogP contribution is -1.98. The Kier molecular flexibility index (Phi) is 3.47. The molecule has 0 atom stereocenters. The molecule has 0 aliphatic rings. The van der Waals surface area contributed by atoms with E-state index in [9.17, 15) is 4.39 Å². The van der Waals surface area contributed by atoms with E-state index in [1.165, 1.54) is 6.07 Å². The van der Waals surface area contributed by atoms with E-state index in [0.717, 1.165) is 0 Å². The van der Waals surface area contributed by atoms with Gasteiger partial charge >= 0.3 is 0 Å². The zero-order valence-corrected chi connectivity index (χ0v) is 12.8. The van der Waals surface area contributed by atoms with Gasteiger partial charge in [0.2, 0.25) is 0 Å². The van der Waals surface area contributed by atoms with Gasteiger partial charge in [-0.2, -0.15) is 5.10 Å². The standard InChI is InChI=1S/C15H12BrFN4/c1-21-15(18)12(11-7-2-3-8-19-11)14(20-21)9-5-4-6-10(17)13(9)16/h2-8H,18H2,1H3. The summed E-state index contributed by atoms with van der Waals surface area (Å²) >= 11 is 3.27. The molecule has 0 amide bonds. The number of anilines is 1. The summed E-state index contributed by atoms with van der Waals surface area (Å²) in [7, 11) is 1.75. The van der Waals surface area contributed by atoms with E-state index in [4.69, 9.17) is 5.73 Å². The monoisotopic (exact) mass is 346 g/mol. The van der Waals surface area contributed by atoms with E-state index < -0.39 is 0 Å². The van der Waals surface area contributed by atoms with Gasteiger partial charge in [0.1, 0.15) is 17.3 Å². The first kappa shape index (κ1) is 13.8. The third-order valence-corrected chi connectivity index (χ3v) is 4.03. The fourth-order valence-corrected chi connectivity index (χ4v) is 2.63. The fourth-order valence-electron chi connectivity index (χ4n) is 2.18. The SMILES string of the molecule is Cn1nc(-c2cccc(F)c2Br)c(-c2ccccn2)c1N. The Balaban J connectivity index is 2.30. The zero-order valence-electron chi connectivity index (χ0n) is 11.2. The lowest BCUT2D eigenvalue weighted by molar-refractivity contribution is 0.621. The molecule has 0 spiro atoms. The molecule has 1 aromatic carbocycles. The Morgan fingerprint density at radius 3 is 2.71 bits per heavy atom. The lowest BCUT2D eigenvalue weighted by atomic mass is 10.0. The van der Waals surface area contributed by atoms with Crippen LogP contribution in [0.4, 0.5) is 10.2 Å². The summed E-state index contributed by atoms with van der Waals surface area (Å²) in [6.45, 7) is 0. The van der Waals surface area contributed by atoms with Gasteiger partial charge in [-0.3, -0.25) is 9.67 Å². The Hall–Kier alpha value is -2.21. The van der Waals surface area contributed by atoms with Crippen molar-refractivity contribution in [3.63, 3.8) is 0 Å². The van der Waals surface area contributed by atoms with Gasteiger partial charge in [-0.15, -0.1) is 0 Å². The second kappa shape index (κ2) is 5.29. The van der Waals surface area contributed by atoms with Crippen molar-refractivity contribution in [3.05, 3.63) is 52.9 Å². The number of nitrogens with two attached hydrogens (primary N) is 1. The predicted octanol–water partition coefficient (Wildman–Crippen LogP) is 3.63. The lowest BCUT2D eigenvalue weighted by Gasteiger charge is -2.06. The number of rotatable bonds is 2. The van der Waals surface area contributed by atoms with Gasteiger partial charge in [0.05, 0.1) is 15.7 Å². The topological polar surface area (TPSA) is 56.7 Å². The Morgan fingerprint density at radius 2 is 2.00 bits per heavy atom. The molecule has 0 bridgehead atoms. The fraction of sp³-hybridized carbons (Fsp3) is 0.0667. The van der Waals surface area contributed by atoms with E-state index in [2.05, 4.69) is 26.0 Å². The number of aryl methyl sites for hydroxylation is 1. The zero-order chi connectivity index (χ0) is 15.0. The van der Waals surface area contributed by atoms with Crippen LogP contribution in [0.5, 0.6) is 0 Å². The van der Waals surface area contributed by atoms with Crippen LogP contribution in [0.2, 0.25) is 0 Å². The van der Waals surface area contributed by atoms with Crippen molar-refractivity contribution in [1.29, 1.82) is 0 Å². The van der Waals surface area contributed by atoms with Gasteiger partial charge in [-0.05, 0) is 34.1 Å². The van der Waals surface area contributed by atoms with Gasteiger partial charge in [0, 0.05) is 18.8 Å². The van der Waals surface area contributed by atoms with Crippen LogP contribution < -0.4 is 5.73 Å². The van der Waals surface area contributed by atoms with E-state index in [1.807, 2.05) is 18.2 Å². The number of benzene rings is 1. The summed E-state index contributed by atoms with van der Waals surface area (Å²) in [5, 5.41) is 4.41. The molecule has 2 aromatic heterocycles. The largest absolute Gasteiger partial charge is 0.383 e. The number of hydrogen-bond donors (Lipinski definition) is 1. The molecule has 3 rings (SSSR count). The van der Waals surface area contributed by atoms with Crippen LogP contribution in [0.3, 0.4) is 0 Å². The van der Waals surface area contributed by atoms with E-state index in [1.54, 1.807) is 30.1 Å². The molecule has 0 aliphatic heterocycles. The minimum absolute atomic E-state index is 0.344. The van der Waals surface area contributed by atoms with E-state index in [-0.39, 0.29) is 5.82 Å². The molecule has 2 N–H and O–H groups in total. The number of nitrogens with zero attached hydrogens (tertiary/aromatic N) is 3. The van der Waals surface area contributed by atoms with Gasteiger partial charge in [0.25, 0.3) is 0 Å². The Morgan fingerprint density at radius 1 is 1.19 bits per heavy atom. The summed E-state index contributed by atoms with van der Waals surface area (Å²) in [6, 6.07) is 10.4. The number of aromatic nitrogens is 3. The number of pyridine rings is 1. The molecule has 4 nitrogen and oxygen atoms in total. The van der Waals surface area contributed by atoms with Crippen molar-refractivity contribution < 1.29 is 4.39 Å². The first-order valence-electron chi connectivity index (χ1n) is 6.28. The normalized spacial score (nSPS) is 10.8. The van der Waals surface area contributed by atoms with Crippen molar-refractivity contribution in [2.45, 2.75) is 0 Å². The first-order chi connectivity index (χ1) is 10.1. The van der Waals surface area contributed by atoms with Gasteiger partial charge in [-0.25, -0.2) is 4.39 Å². The van der Waals surface area contributed by atoms with Crippen LogP contribution in [-0.4, -0.2) is 14.8 Å². The smallest absolute Gasteiger partial charge is 0.138 e. The molecule has 0 aliphatic carbocycles. The number of nitrogen functional groups attached to an aromatic ring is 1. The molecule has 106 valence electrons. The van der Waals surface area contributed by atoms with E-state index in [0.29, 0.717) is 32.8 Å². The van der Waals surface area contributed by atoms with Crippen LogP contribution in [-0.2, 0) is 7.05 Å². The molecule has 0 saturated carbocycles. The van der Waals surface area contributed by atoms with Gasteiger partial charge in [0.15, 0.2) is 0 Å². The highest BCUT2D eigenvalue weighted by Crippen LogP contribution is 2.38. The van der Waals surface area contributed by atoms with Crippen molar-refractivity contribution in [2.24, 2.45) is 7.05 Å². The summed E-state index contributed by atoms with van der Waals surface area (Å²) in [4.78, 5) is 4.32. The second-order valence-electron chi connectivity index (χ2n) is 4.55. The molecule has 2 heterocycles. The third-order valence-electron chi connectivity index (χ3n) is 3.22. The second-order valence-corrected chi connectivity index (χ2v) is 5.34. The maximum Gasteiger partial charge on any atom is 0.138 e. The molecule has 0 saturated heterocycles. The van der Waals surface area contributed by atoms with Crippen molar-refractivity contribution in [3.8, 4) is 22.5 Å². The molecular formula is C15H12BrFN4. The molecule has 21 heavy (non-hydrogen) atoms. The van der Waals surface area contributed by atoms with Crippen LogP contribution in [0.25, 0.3) is 22.5 Å². The average Bonchev–Trinajstić information content (AvgIpc) is 2.78. The highest BCUT2D eigenvalue weighted by atomic mass is 79.9. The highest BCUT2D eigenvalue weighted by molar-refractivity contribution is 9.10. The summed E-state index contributed by atoms with van der Waals surface area (Å²) in [6.07, 6.45) is 1.69. The summed E-state index contributed by atoms with van der Waals surface area (Å²) < 4.78 is 15.7.